The summed E-state index contributed by atoms with van der Waals surface area (Å²) in [6.07, 6.45) is -5.87. The zero-order valence-electron chi connectivity index (χ0n) is 9.44. The highest BCUT2D eigenvalue weighted by Crippen LogP contribution is 2.27. The summed E-state index contributed by atoms with van der Waals surface area (Å²) in [6.45, 7) is 1.30. The fraction of sp³-hybridized carbons (Fsp3) is 0.900. The molecule has 0 spiro atoms. The van der Waals surface area contributed by atoms with E-state index >= 15 is 0 Å². The van der Waals surface area contributed by atoms with Crippen LogP contribution in [0, 0.1) is 5.92 Å². The Morgan fingerprint density at radius 1 is 1.53 bits per heavy atom. The quantitative estimate of drug-likeness (QED) is 0.792. The number of carbonyl (C=O) groups is 1. The molecule has 0 radical (unpaired) electrons. The van der Waals surface area contributed by atoms with E-state index in [-0.39, 0.29) is 12.5 Å². The number of aliphatic hydroxyl groups is 1. The van der Waals surface area contributed by atoms with Crippen molar-refractivity contribution in [3.8, 4) is 0 Å². The largest absolute Gasteiger partial charge is 0.480 e. The van der Waals surface area contributed by atoms with Crippen LogP contribution in [0.2, 0.25) is 0 Å². The van der Waals surface area contributed by atoms with Gasteiger partial charge in [0.15, 0.2) is 6.10 Å². The van der Waals surface area contributed by atoms with Crippen LogP contribution in [-0.2, 0) is 4.79 Å². The van der Waals surface area contributed by atoms with Crippen LogP contribution in [-0.4, -0.2) is 52.5 Å². The zero-order chi connectivity index (χ0) is 13.2. The average molecular weight is 255 g/mol. The minimum Gasteiger partial charge on any atom is -0.480 e. The molecule has 0 aromatic carbocycles. The number of rotatable bonds is 3. The van der Waals surface area contributed by atoms with Crippen LogP contribution in [0.1, 0.15) is 19.8 Å². The highest BCUT2D eigenvalue weighted by atomic mass is 19.4. The van der Waals surface area contributed by atoms with Crippen molar-refractivity contribution in [2.75, 3.05) is 13.1 Å². The lowest BCUT2D eigenvalue weighted by molar-refractivity contribution is -0.211. The van der Waals surface area contributed by atoms with Gasteiger partial charge in [-0.2, -0.15) is 13.2 Å². The van der Waals surface area contributed by atoms with Crippen molar-refractivity contribution in [3.63, 3.8) is 0 Å². The highest BCUT2D eigenvalue weighted by Gasteiger charge is 2.42. The molecule has 7 heteroatoms. The van der Waals surface area contributed by atoms with E-state index in [9.17, 15) is 18.0 Å². The lowest BCUT2D eigenvalue weighted by Gasteiger charge is -2.38. The molecule has 1 heterocycles. The topological polar surface area (TPSA) is 60.8 Å². The molecule has 3 atom stereocenters. The third-order valence-corrected chi connectivity index (χ3v) is 3.08. The van der Waals surface area contributed by atoms with Crippen LogP contribution < -0.4 is 0 Å². The Bertz CT molecular complexity index is 282. The van der Waals surface area contributed by atoms with Gasteiger partial charge in [0.05, 0.1) is 0 Å². The van der Waals surface area contributed by atoms with Crippen LogP contribution in [0.15, 0.2) is 0 Å². The number of hydrogen-bond donors (Lipinski definition) is 2. The number of carboxylic acid groups (broad SMARTS) is 1. The van der Waals surface area contributed by atoms with E-state index < -0.39 is 30.8 Å². The fourth-order valence-corrected chi connectivity index (χ4v) is 2.20. The molecule has 1 fully saturated rings. The molecule has 1 aliphatic heterocycles. The fourth-order valence-electron chi connectivity index (χ4n) is 2.20. The Hall–Kier alpha value is -0.820. The molecule has 3 unspecified atom stereocenters. The Kier molecular flexibility index (Phi) is 4.37. The maximum Gasteiger partial charge on any atom is 0.415 e. The summed E-state index contributed by atoms with van der Waals surface area (Å²) in [5, 5.41) is 18.0. The summed E-state index contributed by atoms with van der Waals surface area (Å²) in [5.41, 5.74) is 0. The first-order valence-corrected chi connectivity index (χ1v) is 5.45. The van der Waals surface area contributed by atoms with Crippen molar-refractivity contribution in [3.05, 3.63) is 0 Å². The van der Waals surface area contributed by atoms with Gasteiger partial charge in [-0.15, -0.1) is 0 Å². The average Bonchev–Trinajstić information content (AvgIpc) is 2.15. The van der Waals surface area contributed by atoms with Crippen LogP contribution in [0.4, 0.5) is 13.2 Å². The minimum atomic E-state index is -4.70. The maximum atomic E-state index is 12.2. The molecule has 0 amide bonds. The highest BCUT2D eigenvalue weighted by molar-refractivity contribution is 5.74. The number of carboxylic acids is 1. The van der Waals surface area contributed by atoms with Gasteiger partial charge in [0.2, 0.25) is 0 Å². The molecular formula is C10H16F3NO3. The number of halogens is 3. The second kappa shape index (κ2) is 5.22. The van der Waals surface area contributed by atoms with Gasteiger partial charge in [-0.05, 0) is 25.3 Å². The first-order chi connectivity index (χ1) is 7.73. The number of aliphatic hydroxyl groups excluding tert-OH is 1. The lowest BCUT2D eigenvalue weighted by Crippen LogP contribution is -2.53. The number of aliphatic carboxylic acids is 1. The molecule has 0 aromatic rings. The van der Waals surface area contributed by atoms with Crippen LogP contribution >= 0.6 is 0 Å². The summed E-state index contributed by atoms with van der Waals surface area (Å²) >= 11 is 0. The molecule has 1 rings (SSSR count). The van der Waals surface area contributed by atoms with E-state index in [0.29, 0.717) is 12.8 Å². The summed E-state index contributed by atoms with van der Waals surface area (Å²) in [7, 11) is 0. The van der Waals surface area contributed by atoms with Gasteiger partial charge < -0.3 is 10.2 Å². The van der Waals surface area contributed by atoms with E-state index in [4.69, 9.17) is 10.2 Å². The Morgan fingerprint density at radius 3 is 2.59 bits per heavy atom. The molecule has 0 saturated carbocycles. The van der Waals surface area contributed by atoms with Gasteiger partial charge in [-0.3, -0.25) is 9.69 Å². The molecule has 100 valence electrons. The first kappa shape index (κ1) is 14.2. The van der Waals surface area contributed by atoms with Gasteiger partial charge in [0.25, 0.3) is 0 Å². The van der Waals surface area contributed by atoms with Gasteiger partial charge in [-0.1, -0.05) is 6.92 Å². The number of piperidine rings is 1. The molecule has 0 aromatic heterocycles. The number of likely N-dealkylation sites (tertiary alicyclic amines) is 1. The van der Waals surface area contributed by atoms with Crippen LogP contribution in [0.25, 0.3) is 0 Å². The zero-order valence-corrected chi connectivity index (χ0v) is 9.44. The van der Waals surface area contributed by atoms with Gasteiger partial charge in [-0.25, -0.2) is 0 Å². The van der Waals surface area contributed by atoms with E-state index in [0.717, 1.165) is 0 Å². The van der Waals surface area contributed by atoms with Crippen molar-refractivity contribution in [1.82, 2.24) is 4.90 Å². The normalized spacial score (nSPS) is 29.0. The molecule has 1 saturated heterocycles. The second-order valence-electron chi connectivity index (χ2n) is 4.45. The van der Waals surface area contributed by atoms with Crippen molar-refractivity contribution in [1.29, 1.82) is 0 Å². The SMILES string of the molecule is CC1CCCN(CC(O)C(F)(F)F)C1C(=O)O. The lowest BCUT2D eigenvalue weighted by atomic mass is 9.90. The monoisotopic (exact) mass is 255 g/mol. The predicted molar refractivity (Wildman–Crippen MR) is 53.5 cm³/mol. The van der Waals surface area contributed by atoms with Crippen molar-refractivity contribution in [2.45, 2.75) is 38.1 Å². The third kappa shape index (κ3) is 3.57. The minimum absolute atomic E-state index is 0.207. The van der Waals surface area contributed by atoms with Crippen LogP contribution in [0.5, 0.6) is 0 Å². The Labute approximate surface area is 97.0 Å². The Balaban J connectivity index is 2.70. The third-order valence-electron chi connectivity index (χ3n) is 3.08. The van der Waals surface area contributed by atoms with Gasteiger partial charge in [0.1, 0.15) is 6.04 Å². The van der Waals surface area contributed by atoms with Crippen molar-refractivity contribution >= 4 is 5.97 Å². The number of hydrogen-bond acceptors (Lipinski definition) is 3. The standard InChI is InChI=1S/C10H16F3NO3/c1-6-3-2-4-14(8(6)9(16)17)5-7(15)10(11,12)13/h6-8,15H,2-5H2,1H3,(H,16,17). The van der Waals surface area contributed by atoms with E-state index in [1.165, 1.54) is 4.90 Å². The number of β-amino-alcohol motifs (C(OH)–C–C–N with tert-alkyl or cyclic N) is 1. The smallest absolute Gasteiger partial charge is 0.415 e. The van der Waals surface area contributed by atoms with E-state index in [1.807, 2.05) is 0 Å². The summed E-state index contributed by atoms with van der Waals surface area (Å²) in [5.74, 6) is -1.34. The molecule has 4 nitrogen and oxygen atoms in total. The van der Waals surface area contributed by atoms with Crippen molar-refractivity contribution in [2.24, 2.45) is 5.92 Å². The van der Waals surface area contributed by atoms with E-state index in [2.05, 4.69) is 0 Å². The Morgan fingerprint density at radius 2 is 2.12 bits per heavy atom. The summed E-state index contributed by atoms with van der Waals surface area (Å²) in [6, 6.07) is -0.944. The first-order valence-electron chi connectivity index (χ1n) is 5.45. The molecule has 1 aliphatic rings. The predicted octanol–water partition coefficient (Wildman–Crippen LogP) is 1.09. The number of nitrogens with zero attached hydrogens (tertiary/aromatic N) is 1. The molecular weight excluding hydrogens is 239 g/mol. The van der Waals surface area contributed by atoms with Gasteiger partial charge >= 0.3 is 12.1 Å². The molecule has 17 heavy (non-hydrogen) atoms. The number of alkyl halides is 3. The summed E-state index contributed by atoms with van der Waals surface area (Å²) in [4.78, 5) is 12.2. The van der Waals surface area contributed by atoms with Crippen molar-refractivity contribution < 1.29 is 28.2 Å². The molecule has 2 N–H and O–H groups in total. The van der Waals surface area contributed by atoms with Crippen LogP contribution in [0.3, 0.4) is 0 Å². The maximum absolute atomic E-state index is 12.2. The summed E-state index contributed by atoms with van der Waals surface area (Å²) < 4.78 is 36.6. The molecule has 0 bridgehead atoms. The molecule has 0 aliphatic carbocycles. The van der Waals surface area contributed by atoms with Gasteiger partial charge in [0, 0.05) is 6.54 Å². The second-order valence-corrected chi connectivity index (χ2v) is 4.45. The van der Waals surface area contributed by atoms with E-state index in [1.54, 1.807) is 6.92 Å².